The molecule has 3 aromatic rings. The topological polar surface area (TPSA) is 121 Å². The van der Waals surface area contributed by atoms with Crippen LogP contribution in [-0.4, -0.2) is 43.5 Å². The summed E-state index contributed by atoms with van der Waals surface area (Å²) < 4.78 is 1.82. The number of rotatable bonds is 8. The highest BCUT2D eigenvalue weighted by atomic mass is 16.4. The average molecular weight is 423 g/mol. The first-order valence-electron chi connectivity index (χ1n) is 9.95. The Hall–Kier alpha value is -3.68. The summed E-state index contributed by atoms with van der Waals surface area (Å²) in [7, 11) is 0. The number of pyridine rings is 1. The fraction of sp³-hybridized carbons (Fsp3) is 0.304. The molecule has 0 spiro atoms. The molecule has 3 rings (SSSR count). The summed E-state index contributed by atoms with van der Waals surface area (Å²) in [5.41, 5.74) is 6.12. The van der Waals surface area contributed by atoms with Crippen LogP contribution in [0.15, 0.2) is 36.5 Å². The van der Waals surface area contributed by atoms with E-state index >= 15 is 0 Å². The van der Waals surface area contributed by atoms with Crippen LogP contribution in [0.1, 0.15) is 35.2 Å². The van der Waals surface area contributed by atoms with E-state index in [0.717, 1.165) is 22.3 Å². The summed E-state index contributed by atoms with van der Waals surface area (Å²) in [6, 6.07) is 8.52. The van der Waals surface area contributed by atoms with Crippen LogP contribution in [0.2, 0.25) is 0 Å². The largest absolute Gasteiger partial charge is 0.481 e. The maximum absolute atomic E-state index is 12.7. The van der Waals surface area contributed by atoms with Crippen LogP contribution in [0.25, 0.3) is 16.9 Å². The molecule has 1 atom stereocenters. The minimum atomic E-state index is -1.27. The highest BCUT2D eigenvalue weighted by molar-refractivity contribution is 5.86. The Morgan fingerprint density at radius 3 is 2.45 bits per heavy atom. The first kappa shape index (κ1) is 22.0. The molecule has 0 fully saturated rings. The SMILES string of the molecule is Cc1ccn2c(CC(=O)NC(CCC(=O)O)C(=O)O)c(-c3ccc(C)c(C)c3)nc2c1. The molecule has 0 saturated heterocycles. The number of hydrogen-bond acceptors (Lipinski definition) is 4. The number of fused-ring (bicyclic) bond motifs is 1. The molecule has 0 bridgehead atoms. The van der Waals surface area contributed by atoms with Gasteiger partial charge in [-0.15, -0.1) is 0 Å². The average Bonchev–Trinajstić information content (AvgIpc) is 3.04. The number of carbonyl (C=O) groups excluding carboxylic acids is 1. The number of nitrogens with zero attached hydrogens (tertiary/aromatic N) is 2. The van der Waals surface area contributed by atoms with E-state index in [1.54, 1.807) is 0 Å². The maximum atomic E-state index is 12.7. The van der Waals surface area contributed by atoms with Crippen molar-refractivity contribution in [3.05, 3.63) is 58.9 Å². The van der Waals surface area contributed by atoms with E-state index in [4.69, 9.17) is 10.1 Å². The Labute approximate surface area is 179 Å². The molecule has 3 N–H and O–H groups in total. The van der Waals surface area contributed by atoms with Crippen LogP contribution in [0.3, 0.4) is 0 Å². The Kier molecular flexibility index (Phi) is 6.39. The van der Waals surface area contributed by atoms with Crippen molar-refractivity contribution in [2.24, 2.45) is 0 Å². The number of carboxylic acids is 2. The van der Waals surface area contributed by atoms with Gasteiger partial charge in [0.1, 0.15) is 11.7 Å². The molecule has 0 saturated carbocycles. The van der Waals surface area contributed by atoms with E-state index in [1.165, 1.54) is 0 Å². The van der Waals surface area contributed by atoms with Crippen LogP contribution >= 0.6 is 0 Å². The Morgan fingerprint density at radius 1 is 1.06 bits per heavy atom. The second-order valence-electron chi connectivity index (χ2n) is 7.71. The van der Waals surface area contributed by atoms with Crippen molar-refractivity contribution in [3.63, 3.8) is 0 Å². The molecule has 0 aliphatic heterocycles. The van der Waals surface area contributed by atoms with Crippen LogP contribution in [-0.2, 0) is 20.8 Å². The Bertz CT molecular complexity index is 1170. The smallest absolute Gasteiger partial charge is 0.326 e. The van der Waals surface area contributed by atoms with Crippen molar-refractivity contribution >= 4 is 23.5 Å². The van der Waals surface area contributed by atoms with E-state index in [2.05, 4.69) is 5.32 Å². The van der Waals surface area contributed by atoms with Crippen molar-refractivity contribution in [1.29, 1.82) is 0 Å². The molecule has 1 amide bonds. The summed E-state index contributed by atoms with van der Waals surface area (Å²) in [5.74, 6) is -2.89. The zero-order chi connectivity index (χ0) is 22.7. The zero-order valence-corrected chi connectivity index (χ0v) is 17.7. The lowest BCUT2D eigenvalue weighted by Gasteiger charge is -2.14. The van der Waals surface area contributed by atoms with Gasteiger partial charge in [-0.25, -0.2) is 9.78 Å². The minimum absolute atomic E-state index is 0.0939. The molecule has 8 heteroatoms. The highest BCUT2D eigenvalue weighted by Gasteiger charge is 2.23. The fourth-order valence-electron chi connectivity index (χ4n) is 3.41. The summed E-state index contributed by atoms with van der Waals surface area (Å²) in [6.07, 6.45) is 1.21. The summed E-state index contributed by atoms with van der Waals surface area (Å²) in [5, 5.41) is 20.6. The van der Waals surface area contributed by atoms with Crippen molar-refractivity contribution < 1.29 is 24.6 Å². The van der Waals surface area contributed by atoms with Gasteiger partial charge in [-0.3, -0.25) is 9.59 Å². The molecule has 0 radical (unpaired) electrons. The molecular weight excluding hydrogens is 398 g/mol. The van der Waals surface area contributed by atoms with E-state index < -0.39 is 23.9 Å². The second-order valence-corrected chi connectivity index (χ2v) is 7.71. The van der Waals surface area contributed by atoms with Gasteiger partial charge in [0.2, 0.25) is 5.91 Å². The van der Waals surface area contributed by atoms with Crippen LogP contribution < -0.4 is 5.32 Å². The van der Waals surface area contributed by atoms with E-state index in [-0.39, 0.29) is 19.3 Å². The normalized spacial score (nSPS) is 12.0. The highest BCUT2D eigenvalue weighted by Crippen LogP contribution is 2.27. The number of hydrogen-bond donors (Lipinski definition) is 3. The molecule has 0 aliphatic carbocycles. The van der Waals surface area contributed by atoms with Crippen molar-refractivity contribution in [1.82, 2.24) is 14.7 Å². The molecule has 8 nitrogen and oxygen atoms in total. The predicted molar refractivity (Wildman–Crippen MR) is 115 cm³/mol. The van der Waals surface area contributed by atoms with Gasteiger partial charge in [0.15, 0.2) is 0 Å². The number of aliphatic carboxylic acids is 2. The third-order valence-corrected chi connectivity index (χ3v) is 5.27. The lowest BCUT2D eigenvalue weighted by molar-refractivity contribution is -0.143. The molecule has 1 aromatic carbocycles. The number of carboxylic acid groups (broad SMARTS) is 2. The second kappa shape index (κ2) is 8.99. The molecule has 1 unspecified atom stereocenters. The number of aromatic nitrogens is 2. The Morgan fingerprint density at radius 2 is 1.81 bits per heavy atom. The van der Waals surface area contributed by atoms with Crippen LogP contribution in [0, 0.1) is 20.8 Å². The van der Waals surface area contributed by atoms with Crippen molar-refractivity contribution in [3.8, 4) is 11.3 Å². The number of imidazole rings is 1. The van der Waals surface area contributed by atoms with Crippen LogP contribution in [0.4, 0.5) is 0 Å². The van der Waals surface area contributed by atoms with E-state index in [1.807, 2.05) is 61.7 Å². The molecule has 31 heavy (non-hydrogen) atoms. The van der Waals surface area contributed by atoms with Gasteiger partial charge in [0.05, 0.1) is 17.8 Å². The Balaban J connectivity index is 1.96. The zero-order valence-electron chi connectivity index (χ0n) is 17.7. The summed E-state index contributed by atoms with van der Waals surface area (Å²) in [6.45, 7) is 5.98. The standard InChI is InChI=1S/C23H25N3O5/c1-13-8-9-26-18(12-20(27)24-17(23(30)31)6-7-21(28)29)22(25-19(26)10-13)16-5-4-14(2)15(3)11-16/h4-5,8-11,17H,6-7,12H2,1-3H3,(H,24,27)(H,28,29)(H,30,31). The molecule has 2 heterocycles. The monoisotopic (exact) mass is 423 g/mol. The molecular formula is C23H25N3O5. The van der Waals surface area contributed by atoms with Crippen molar-refractivity contribution in [2.75, 3.05) is 0 Å². The van der Waals surface area contributed by atoms with Crippen molar-refractivity contribution in [2.45, 2.75) is 46.1 Å². The van der Waals surface area contributed by atoms with E-state index in [9.17, 15) is 19.5 Å². The fourth-order valence-corrected chi connectivity index (χ4v) is 3.41. The van der Waals surface area contributed by atoms with E-state index in [0.29, 0.717) is 17.0 Å². The summed E-state index contributed by atoms with van der Waals surface area (Å²) in [4.78, 5) is 39.7. The number of nitrogens with one attached hydrogen (secondary N) is 1. The quantitative estimate of drug-likeness (QED) is 0.512. The lowest BCUT2D eigenvalue weighted by atomic mass is 10.0. The third-order valence-electron chi connectivity index (χ3n) is 5.27. The first-order chi connectivity index (χ1) is 14.7. The van der Waals surface area contributed by atoms with Gasteiger partial charge in [0, 0.05) is 18.2 Å². The molecule has 162 valence electrons. The summed E-state index contributed by atoms with van der Waals surface area (Å²) >= 11 is 0. The van der Waals surface area contributed by atoms with Gasteiger partial charge in [-0.2, -0.15) is 0 Å². The lowest BCUT2D eigenvalue weighted by Crippen LogP contribution is -2.42. The minimum Gasteiger partial charge on any atom is -0.481 e. The van der Waals surface area contributed by atoms with Gasteiger partial charge >= 0.3 is 11.9 Å². The number of amides is 1. The molecule has 0 aliphatic rings. The third kappa shape index (κ3) is 5.09. The number of benzene rings is 1. The van der Waals surface area contributed by atoms with Gasteiger partial charge in [-0.05, 0) is 62.1 Å². The van der Waals surface area contributed by atoms with Gasteiger partial charge in [0.25, 0.3) is 0 Å². The maximum Gasteiger partial charge on any atom is 0.326 e. The van der Waals surface area contributed by atoms with Gasteiger partial charge in [-0.1, -0.05) is 12.1 Å². The predicted octanol–water partition coefficient (Wildman–Crippen LogP) is 2.90. The molecule has 2 aromatic heterocycles. The number of aryl methyl sites for hydroxylation is 3. The number of carbonyl (C=O) groups is 3. The first-order valence-corrected chi connectivity index (χ1v) is 9.95. The van der Waals surface area contributed by atoms with Crippen LogP contribution in [0.5, 0.6) is 0 Å². The van der Waals surface area contributed by atoms with Gasteiger partial charge < -0.3 is 19.9 Å².